The van der Waals surface area contributed by atoms with Crippen LogP contribution in [0.4, 0.5) is 0 Å². The molecular weight excluding hydrogens is 296 g/mol. The van der Waals surface area contributed by atoms with E-state index >= 15 is 0 Å². The first-order valence-electron chi connectivity index (χ1n) is 6.12. The average molecular weight is 313 g/mol. The summed E-state index contributed by atoms with van der Waals surface area (Å²) < 4.78 is 10.5. The first kappa shape index (κ1) is 15.1. The quantitative estimate of drug-likeness (QED) is 0.932. The number of methoxy groups -OCH3 is 2. The molecule has 1 heterocycles. The van der Waals surface area contributed by atoms with Gasteiger partial charge in [-0.25, -0.2) is 4.98 Å². The van der Waals surface area contributed by atoms with E-state index in [2.05, 4.69) is 4.98 Å². The molecule has 0 saturated heterocycles. The van der Waals surface area contributed by atoms with Gasteiger partial charge in [-0.3, -0.25) is 0 Å². The van der Waals surface area contributed by atoms with E-state index in [1.165, 1.54) is 0 Å². The Morgan fingerprint density at radius 2 is 2.00 bits per heavy atom. The van der Waals surface area contributed by atoms with E-state index in [1.54, 1.807) is 25.6 Å². The second kappa shape index (κ2) is 5.99. The largest absolute Gasteiger partial charge is 0.493 e. The van der Waals surface area contributed by atoms with Gasteiger partial charge >= 0.3 is 0 Å². The van der Waals surface area contributed by atoms with Crippen molar-refractivity contribution in [1.29, 1.82) is 0 Å². The Morgan fingerprint density at radius 1 is 1.30 bits per heavy atom. The van der Waals surface area contributed by atoms with Crippen LogP contribution in [0.3, 0.4) is 0 Å². The lowest BCUT2D eigenvalue weighted by Gasteiger charge is -2.10. The molecule has 6 heteroatoms. The summed E-state index contributed by atoms with van der Waals surface area (Å²) in [6.45, 7) is 3.91. The lowest BCUT2D eigenvalue weighted by molar-refractivity contribution is 0.355. The molecule has 1 aromatic carbocycles. The van der Waals surface area contributed by atoms with Gasteiger partial charge in [-0.05, 0) is 26.0 Å². The van der Waals surface area contributed by atoms with Gasteiger partial charge in [-0.2, -0.15) is 0 Å². The summed E-state index contributed by atoms with van der Waals surface area (Å²) in [6.07, 6.45) is 0. The van der Waals surface area contributed by atoms with Gasteiger partial charge in [-0.15, -0.1) is 11.3 Å². The number of thiazole rings is 1. The van der Waals surface area contributed by atoms with Crippen molar-refractivity contribution in [3.8, 4) is 22.1 Å². The molecule has 0 bridgehead atoms. The van der Waals surface area contributed by atoms with Gasteiger partial charge < -0.3 is 15.2 Å². The number of aryl methyl sites for hydroxylation is 1. The van der Waals surface area contributed by atoms with Gasteiger partial charge in [0.25, 0.3) is 0 Å². The minimum Gasteiger partial charge on any atom is -0.493 e. The number of ether oxygens (including phenoxy) is 2. The van der Waals surface area contributed by atoms with Crippen LogP contribution in [-0.2, 0) is 0 Å². The standard InChI is InChI=1S/C14H17ClN2O2S/c1-7(16)13-8(2)17-14(20-13)9-5-10(15)12(19-4)11(6-9)18-3/h5-7H,16H2,1-4H3. The molecule has 0 aliphatic rings. The monoisotopic (exact) mass is 312 g/mol. The van der Waals surface area contributed by atoms with Gasteiger partial charge in [0.1, 0.15) is 5.01 Å². The maximum Gasteiger partial charge on any atom is 0.179 e. The van der Waals surface area contributed by atoms with Crippen LogP contribution in [0.1, 0.15) is 23.5 Å². The molecule has 108 valence electrons. The van der Waals surface area contributed by atoms with Gasteiger partial charge in [0, 0.05) is 16.5 Å². The number of aromatic nitrogens is 1. The van der Waals surface area contributed by atoms with Crippen molar-refractivity contribution < 1.29 is 9.47 Å². The van der Waals surface area contributed by atoms with Crippen LogP contribution >= 0.6 is 22.9 Å². The first-order valence-corrected chi connectivity index (χ1v) is 7.32. The van der Waals surface area contributed by atoms with Crippen molar-refractivity contribution >= 4 is 22.9 Å². The van der Waals surface area contributed by atoms with Crippen molar-refractivity contribution in [1.82, 2.24) is 4.98 Å². The summed E-state index contributed by atoms with van der Waals surface area (Å²) in [5, 5.41) is 1.37. The molecule has 2 aromatic rings. The molecule has 2 rings (SSSR count). The number of hydrogen-bond acceptors (Lipinski definition) is 5. The van der Waals surface area contributed by atoms with Crippen LogP contribution in [0.15, 0.2) is 12.1 Å². The fraction of sp³-hybridized carbons (Fsp3) is 0.357. The summed E-state index contributed by atoms with van der Waals surface area (Å²) in [5.41, 5.74) is 7.78. The topological polar surface area (TPSA) is 57.4 Å². The molecule has 20 heavy (non-hydrogen) atoms. The molecule has 0 radical (unpaired) electrons. The minimum atomic E-state index is -0.0307. The van der Waals surface area contributed by atoms with E-state index in [9.17, 15) is 0 Å². The highest BCUT2D eigenvalue weighted by Crippen LogP contribution is 2.41. The Kier molecular flexibility index (Phi) is 4.52. The average Bonchev–Trinajstić information content (AvgIpc) is 2.80. The van der Waals surface area contributed by atoms with Gasteiger partial charge in [0.15, 0.2) is 11.5 Å². The number of rotatable bonds is 4. The number of benzene rings is 1. The molecule has 1 atom stereocenters. The van der Waals surface area contributed by atoms with Crippen LogP contribution in [0, 0.1) is 6.92 Å². The van der Waals surface area contributed by atoms with Crippen molar-refractivity contribution in [2.45, 2.75) is 19.9 Å². The summed E-state index contributed by atoms with van der Waals surface area (Å²) >= 11 is 7.79. The van der Waals surface area contributed by atoms with E-state index in [1.807, 2.05) is 26.0 Å². The molecule has 4 nitrogen and oxygen atoms in total. The molecule has 1 unspecified atom stereocenters. The maximum atomic E-state index is 6.22. The Balaban J connectivity index is 2.53. The van der Waals surface area contributed by atoms with Crippen molar-refractivity contribution in [2.24, 2.45) is 5.73 Å². The van der Waals surface area contributed by atoms with E-state index < -0.39 is 0 Å². The van der Waals surface area contributed by atoms with E-state index in [0.717, 1.165) is 21.1 Å². The molecule has 0 saturated carbocycles. The second-order valence-corrected chi connectivity index (χ2v) is 5.89. The predicted molar refractivity (Wildman–Crippen MR) is 83.0 cm³/mol. The Hall–Kier alpha value is -1.30. The molecule has 1 aromatic heterocycles. The van der Waals surface area contributed by atoms with Crippen molar-refractivity contribution in [3.63, 3.8) is 0 Å². The van der Waals surface area contributed by atoms with Crippen LogP contribution in [0.5, 0.6) is 11.5 Å². The van der Waals surface area contributed by atoms with E-state index in [4.69, 9.17) is 26.8 Å². The normalized spacial score (nSPS) is 12.3. The Labute approximate surface area is 127 Å². The highest BCUT2D eigenvalue weighted by Gasteiger charge is 2.16. The summed E-state index contributed by atoms with van der Waals surface area (Å²) in [6, 6.07) is 3.66. The maximum absolute atomic E-state index is 6.22. The number of halogens is 1. The lowest BCUT2D eigenvalue weighted by Crippen LogP contribution is -2.03. The van der Waals surface area contributed by atoms with Gasteiger partial charge in [0.2, 0.25) is 0 Å². The Bertz CT molecular complexity index is 626. The molecular formula is C14H17ClN2O2S. The zero-order chi connectivity index (χ0) is 14.9. The third-order valence-corrected chi connectivity index (χ3v) is 4.61. The second-order valence-electron chi connectivity index (χ2n) is 4.45. The zero-order valence-electron chi connectivity index (χ0n) is 11.9. The predicted octanol–water partition coefficient (Wildman–Crippen LogP) is 3.81. The highest BCUT2D eigenvalue weighted by atomic mass is 35.5. The summed E-state index contributed by atoms with van der Waals surface area (Å²) in [5.74, 6) is 1.11. The van der Waals surface area contributed by atoms with Gasteiger partial charge in [-0.1, -0.05) is 11.6 Å². The van der Waals surface area contributed by atoms with Crippen LogP contribution < -0.4 is 15.2 Å². The molecule has 0 amide bonds. The van der Waals surface area contributed by atoms with E-state index in [0.29, 0.717) is 16.5 Å². The molecule has 0 aliphatic carbocycles. The summed E-state index contributed by atoms with van der Waals surface area (Å²) in [7, 11) is 3.14. The number of hydrogen-bond donors (Lipinski definition) is 1. The Morgan fingerprint density at radius 3 is 2.50 bits per heavy atom. The van der Waals surface area contributed by atoms with Crippen molar-refractivity contribution in [3.05, 3.63) is 27.7 Å². The van der Waals surface area contributed by atoms with Crippen molar-refractivity contribution in [2.75, 3.05) is 14.2 Å². The smallest absolute Gasteiger partial charge is 0.179 e. The minimum absolute atomic E-state index is 0.0307. The fourth-order valence-electron chi connectivity index (χ4n) is 2.00. The van der Waals surface area contributed by atoms with Crippen LogP contribution in [0.25, 0.3) is 10.6 Å². The van der Waals surface area contributed by atoms with Crippen LogP contribution in [0.2, 0.25) is 5.02 Å². The molecule has 0 spiro atoms. The van der Waals surface area contributed by atoms with Gasteiger partial charge in [0.05, 0.1) is 24.9 Å². The molecule has 2 N–H and O–H groups in total. The lowest BCUT2D eigenvalue weighted by atomic mass is 10.2. The third-order valence-electron chi connectivity index (χ3n) is 2.93. The highest BCUT2D eigenvalue weighted by molar-refractivity contribution is 7.15. The first-order chi connectivity index (χ1) is 9.47. The zero-order valence-corrected chi connectivity index (χ0v) is 13.4. The number of nitrogens with zero attached hydrogens (tertiary/aromatic N) is 1. The van der Waals surface area contributed by atoms with Crippen LogP contribution in [-0.4, -0.2) is 19.2 Å². The third kappa shape index (κ3) is 2.75. The molecule has 0 fully saturated rings. The fourth-order valence-corrected chi connectivity index (χ4v) is 3.29. The summed E-state index contributed by atoms with van der Waals surface area (Å²) in [4.78, 5) is 5.63. The number of nitrogens with two attached hydrogens (primary N) is 1. The van der Waals surface area contributed by atoms with E-state index in [-0.39, 0.29) is 6.04 Å². The molecule has 0 aliphatic heterocycles. The SMILES string of the molecule is COc1cc(-c2nc(C)c(C(C)N)s2)cc(Cl)c1OC.